The molecule has 7 nitrogen and oxygen atoms in total. The summed E-state index contributed by atoms with van der Waals surface area (Å²) in [5, 5.41) is 9.92. The van der Waals surface area contributed by atoms with Crippen LogP contribution >= 0.6 is 11.6 Å². The lowest BCUT2D eigenvalue weighted by Crippen LogP contribution is -2.43. The van der Waals surface area contributed by atoms with Crippen LogP contribution in [0.2, 0.25) is 5.02 Å². The fourth-order valence-electron chi connectivity index (χ4n) is 4.34. The molecule has 2 aromatic carbocycles. The topological polar surface area (TPSA) is 93.1 Å². The van der Waals surface area contributed by atoms with Crippen molar-refractivity contribution in [2.24, 2.45) is 0 Å². The van der Waals surface area contributed by atoms with Crippen LogP contribution in [-0.2, 0) is 19.3 Å². The maximum Gasteiger partial charge on any atom is 0.409 e. The predicted octanol–water partition coefficient (Wildman–Crippen LogP) is 3.66. The van der Waals surface area contributed by atoms with Crippen molar-refractivity contribution in [2.45, 2.75) is 35.0 Å². The van der Waals surface area contributed by atoms with Gasteiger partial charge in [-0.25, -0.2) is 22.0 Å². The average molecular weight is 502 g/mol. The largest absolute Gasteiger partial charge is 0.490 e. The zero-order valence-corrected chi connectivity index (χ0v) is 19.0. The maximum atomic E-state index is 15.1. The lowest BCUT2D eigenvalue weighted by molar-refractivity contribution is 0.0957. The number of hydrogen-bond acceptors (Lipinski definition) is 6. The van der Waals surface area contributed by atoms with Gasteiger partial charge < -0.3 is 19.5 Å². The Morgan fingerprint density at radius 2 is 1.91 bits per heavy atom. The maximum absolute atomic E-state index is 15.1. The fourth-order valence-corrected chi connectivity index (χ4v) is 6.57. The Morgan fingerprint density at radius 1 is 1.21 bits per heavy atom. The molecule has 0 radical (unpaired) electrons. The minimum Gasteiger partial charge on any atom is -0.490 e. The molecule has 0 spiro atoms. The molecule has 0 aliphatic carbocycles. The molecule has 11 heteroatoms. The molecule has 1 saturated heterocycles. The van der Waals surface area contributed by atoms with E-state index >= 15 is 4.39 Å². The van der Waals surface area contributed by atoms with Gasteiger partial charge >= 0.3 is 6.09 Å². The van der Waals surface area contributed by atoms with E-state index in [4.69, 9.17) is 21.1 Å². The third-order valence-electron chi connectivity index (χ3n) is 6.06. The van der Waals surface area contributed by atoms with E-state index in [2.05, 4.69) is 0 Å². The van der Waals surface area contributed by atoms with Crippen LogP contribution in [0.3, 0.4) is 0 Å². The summed E-state index contributed by atoms with van der Waals surface area (Å²) in [5.74, 6) is -2.28. The molecule has 0 aromatic heterocycles. The molecule has 2 aliphatic heterocycles. The van der Waals surface area contributed by atoms with E-state index in [-0.39, 0.29) is 37.5 Å². The second kappa shape index (κ2) is 9.08. The van der Waals surface area contributed by atoms with E-state index in [0.717, 1.165) is 12.1 Å². The van der Waals surface area contributed by atoms with Gasteiger partial charge in [-0.05, 0) is 42.8 Å². The Balaban J connectivity index is 1.72. The molecular weight excluding hydrogens is 480 g/mol. The first-order chi connectivity index (χ1) is 15.7. The number of ether oxygens (including phenoxy) is 2. The van der Waals surface area contributed by atoms with E-state index in [9.17, 15) is 22.7 Å². The van der Waals surface area contributed by atoms with Gasteiger partial charge in [0.25, 0.3) is 0 Å². The quantitative estimate of drug-likeness (QED) is 0.672. The minimum atomic E-state index is -4.31. The van der Waals surface area contributed by atoms with Crippen LogP contribution in [-0.4, -0.2) is 56.9 Å². The monoisotopic (exact) mass is 501 g/mol. The summed E-state index contributed by atoms with van der Waals surface area (Å²) in [6.45, 7) is -0.117. The number of sulfone groups is 1. The molecule has 33 heavy (non-hydrogen) atoms. The first-order valence-electron chi connectivity index (χ1n) is 10.4. The summed E-state index contributed by atoms with van der Waals surface area (Å²) in [5.41, 5.74) is -0.420. The molecule has 1 fully saturated rings. The number of aliphatic hydroxyl groups excluding tert-OH is 1. The Labute approximate surface area is 194 Å². The summed E-state index contributed by atoms with van der Waals surface area (Å²) >= 11 is 5.90. The van der Waals surface area contributed by atoms with Crippen molar-refractivity contribution in [1.82, 2.24) is 4.90 Å². The molecule has 1 amide bonds. The number of amides is 1. The van der Waals surface area contributed by atoms with Crippen LogP contribution in [0, 0.1) is 11.6 Å². The van der Waals surface area contributed by atoms with Gasteiger partial charge in [0.15, 0.2) is 21.4 Å². The van der Waals surface area contributed by atoms with E-state index in [0.29, 0.717) is 18.0 Å². The average Bonchev–Trinajstić information content (AvgIpc) is 3.23. The number of likely N-dealkylation sites (tertiary alicyclic amines) is 1. The number of nitrogens with zero attached hydrogens (tertiary/aromatic N) is 1. The Hall–Kier alpha value is -2.43. The summed E-state index contributed by atoms with van der Waals surface area (Å²) in [6, 6.07) is 7.10. The zero-order chi connectivity index (χ0) is 23.8. The number of aliphatic hydroxyl groups is 1. The second-order valence-corrected chi connectivity index (χ2v) is 10.7. The first-order valence-corrected chi connectivity index (χ1v) is 12.2. The van der Waals surface area contributed by atoms with Gasteiger partial charge in [-0.3, -0.25) is 0 Å². The second-order valence-electron chi connectivity index (χ2n) is 8.04. The van der Waals surface area contributed by atoms with E-state index < -0.39 is 49.7 Å². The highest BCUT2D eigenvalue weighted by molar-refractivity contribution is 7.92. The van der Waals surface area contributed by atoms with Crippen LogP contribution in [0.25, 0.3) is 0 Å². The van der Waals surface area contributed by atoms with Gasteiger partial charge in [0.05, 0.1) is 29.8 Å². The molecular formula is C22H22ClF2NO6S. The number of β-amino-alcohol motifs (C(OH)–C–C–N with tert-alkyl or cyclic N) is 1. The van der Waals surface area contributed by atoms with Gasteiger partial charge in [0.1, 0.15) is 10.6 Å². The first kappa shape index (κ1) is 23.7. The standard InChI is InChI=1S/C22H22ClF2NO6S/c23-14-1-3-16(4-2-14)33(29,30)22(9-12-32-21(28)26-10-7-15(27)13-26)8-11-31-20-18(25)6-5-17(24)19(20)22/h1-6,15,27H,7-13H2. The summed E-state index contributed by atoms with van der Waals surface area (Å²) < 4.78 is 65.9. The molecule has 2 unspecified atom stereocenters. The van der Waals surface area contributed by atoms with Crippen molar-refractivity contribution in [3.05, 3.63) is 58.6 Å². The molecule has 2 aliphatic rings. The highest BCUT2D eigenvalue weighted by Gasteiger charge is 2.52. The lowest BCUT2D eigenvalue weighted by Gasteiger charge is -2.38. The smallest absolute Gasteiger partial charge is 0.409 e. The molecule has 2 aromatic rings. The van der Waals surface area contributed by atoms with Gasteiger partial charge in [0.2, 0.25) is 0 Å². The van der Waals surface area contributed by atoms with Crippen LogP contribution in [0.1, 0.15) is 24.8 Å². The number of fused-ring (bicyclic) bond motifs is 1. The van der Waals surface area contributed by atoms with E-state index in [1.165, 1.54) is 29.2 Å². The fraction of sp³-hybridized carbons (Fsp3) is 0.409. The SMILES string of the molecule is O=C(OCCC1(S(=O)(=O)c2ccc(Cl)cc2)CCOc2c(F)ccc(F)c21)N1CCC(O)C1. The molecule has 2 atom stereocenters. The highest BCUT2D eigenvalue weighted by atomic mass is 35.5. The third-order valence-corrected chi connectivity index (χ3v) is 8.84. The highest BCUT2D eigenvalue weighted by Crippen LogP contribution is 2.50. The number of carbonyl (C=O) groups excluding carboxylic acids is 1. The number of carbonyl (C=O) groups is 1. The zero-order valence-electron chi connectivity index (χ0n) is 17.5. The van der Waals surface area contributed by atoms with Gasteiger partial charge in [-0.1, -0.05) is 11.6 Å². The molecule has 4 rings (SSSR count). The van der Waals surface area contributed by atoms with E-state index in [1.807, 2.05) is 0 Å². The van der Waals surface area contributed by atoms with Crippen molar-refractivity contribution >= 4 is 27.5 Å². The third kappa shape index (κ3) is 4.27. The number of rotatable bonds is 5. The summed E-state index contributed by atoms with van der Waals surface area (Å²) in [7, 11) is -4.31. The van der Waals surface area contributed by atoms with Crippen molar-refractivity contribution in [3.63, 3.8) is 0 Å². The van der Waals surface area contributed by atoms with Crippen LogP contribution < -0.4 is 4.74 Å². The molecule has 0 saturated carbocycles. The van der Waals surface area contributed by atoms with E-state index in [1.54, 1.807) is 0 Å². The van der Waals surface area contributed by atoms with Gasteiger partial charge in [-0.15, -0.1) is 0 Å². The van der Waals surface area contributed by atoms with Crippen LogP contribution in [0.4, 0.5) is 13.6 Å². The van der Waals surface area contributed by atoms with Crippen molar-refractivity contribution in [1.29, 1.82) is 0 Å². The van der Waals surface area contributed by atoms with Gasteiger partial charge in [-0.2, -0.15) is 0 Å². The number of hydrogen-bond donors (Lipinski definition) is 1. The van der Waals surface area contributed by atoms with Crippen LogP contribution in [0.5, 0.6) is 5.75 Å². The molecule has 178 valence electrons. The Kier molecular flexibility index (Phi) is 6.52. The Bertz CT molecular complexity index is 1160. The number of benzene rings is 2. The molecule has 0 bridgehead atoms. The number of halogens is 3. The van der Waals surface area contributed by atoms with Crippen molar-refractivity contribution < 1.29 is 36.6 Å². The molecule has 1 N–H and O–H groups in total. The molecule has 2 heterocycles. The minimum absolute atomic E-state index is 0.115. The predicted molar refractivity (Wildman–Crippen MR) is 115 cm³/mol. The lowest BCUT2D eigenvalue weighted by atomic mass is 9.88. The Morgan fingerprint density at radius 3 is 2.58 bits per heavy atom. The van der Waals surface area contributed by atoms with Gasteiger partial charge in [0, 0.05) is 31.0 Å². The summed E-state index contributed by atoms with van der Waals surface area (Å²) in [6.07, 6.45) is -1.44. The van der Waals surface area contributed by atoms with Crippen molar-refractivity contribution in [2.75, 3.05) is 26.3 Å². The normalized spacial score (nSPS) is 22.5. The summed E-state index contributed by atoms with van der Waals surface area (Å²) in [4.78, 5) is 13.5. The van der Waals surface area contributed by atoms with Crippen LogP contribution in [0.15, 0.2) is 41.3 Å². The van der Waals surface area contributed by atoms with Crippen molar-refractivity contribution in [3.8, 4) is 5.75 Å².